The second kappa shape index (κ2) is 12.2. The number of benzene rings is 2. The zero-order valence-corrected chi connectivity index (χ0v) is 24.7. The number of halogens is 1. The molecule has 1 aliphatic heterocycles. The molecular formula is C34H41FN2O4. The normalized spacial score (nSPS) is 18.8. The number of carboxylic acids is 1. The Morgan fingerprint density at radius 3 is 2.51 bits per heavy atom. The van der Waals surface area contributed by atoms with Gasteiger partial charge in [-0.15, -0.1) is 0 Å². The molecule has 2 unspecified atom stereocenters. The third kappa shape index (κ3) is 5.96. The largest absolute Gasteiger partial charge is 0.485 e. The van der Waals surface area contributed by atoms with Gasteiger partial charge in [-0.25, -0.2) is 9.37 Å². The van der Waals surface area contributed by atoms with Crippen molar-refractivity contribution in [1.29, 1.82) is 0 Å². The Labute approximate surface area is 242 Å². The molecule has 0 saturated heterocycles. The Bertz CT molecular complexity index is 1400. The maximum absolute atomic E-state index is 15.1. The van der Waals surface area contributed by atoms with Crippen LogP contribution in [-0.2, 0) is 11.2 Å². The van der Waals surface area contributed by atoms with Crippen LogP contribution in [0.15, 0.2) is 48.7 Å². The van der Waals surface area contributed by atoms with E-state index in [2.05, 4.69) is 54.9 Å². The van der Waals surface area contributed by atoms with Crippen LogP contribution in [0.3, 0.4) is 0 Å². The third-order valence-electron chi connectivity index (χ3n) is 9.07. The summed E-state index contributed by atoms with van der Waals surface area (Å²) in [7, 11) is 1.53. The smallest absolute Gasteiger partial charge is 0.306 e. The quantitative estimate of drug-likeness (QED) is 0.261. The van der Waals surface area contributed by atoms with Crippen LogP contribution in [0.25, 0.3) is 11.1 Å². The highest BCUT2D eigenvalue weighted by molar-refractivity contribution is 5.71. The molecule has 0 bridgehead atoms. The first-order chi connectivity index (χ1) is 19.7. The molecule has 0 amide bonds. The number of aromatic nitrogens is 1. The van der Waals surface area contributed by atoms with Crippen molar-refractivity contribution in [3.63, 3.8) is 0 Å². The molecule has 1 N–H and O–H groups in total. The number of aryl methyl sites for hydroxylation is 1. The second-order valence-corrected chi connectivity index (χ2v) is 11.5. The molecule has 6 nitrogen and oxygen atoms in total. The average molecular weight is 561 g/mol. The van der Waals surface area contributed by atoms with Crippen molar-refractivity contribution in [2.24, 2.45) is 11.8 Å². The molecule has 1 aromatic heterocycles. The lowest BCUT2D eigenvalue weighted by atomic mass is 9.82. The lowest BCUT2D eigenvalue weighted by Gasteiger charge is -2.31. The summed E-state index contributed by atoms with van der Waals surface area (Å²) in [6.07, 6.45) is 4.93. The van der Waals surface area contributed by atoms with E-state index in [1.807, 2.05) is 19.1 Å². The van der Waals surface area contributed by atoms with E-state index in [-0.39, 0.29) is 23.9 Å². The molecule has 1 aliphatic carbocycles. The molecule has 41 heavy (non-hydrogen) atoms. The van der Waals surface area contributed by atoms with Crippen LogP contribution in [0, 0.1) is 17.7 Å². The summed E-state index contributed by atoms with van der Waals surface area (Å²) in [5, 5.41) is 9.75. The summed E-state index contributed by atoms with van der Waals surface area (Å²) in [5.41, 5.74) is 5.58. The highest BCUT2D eigenvalue weighted by Crippen LogP contribution is 2.48. The second-order valence-electron chi connectivity index (χ2n) is 11.5. The minimum absolute atomic E-state index is 0.00478. The summed E-state index contributed by atoms with van der Waals surface area (Å²) in [6, 6.07) is 14.2. The van der Waals surface area contributed by atoms with Crippen LogP contribution in [0.2, 0.25) is 0 Å². The van der Waals surface area contributed by atoms with Gasteiger partial charge in [-0.2, -0.15) is 0 Å². The van der Waals surface area contributed by atoms with Crippen LogP contribution in [0.5, 0.6) is 11.6 Å². The number of ether oxygens (including phenoxy) is 2. The number of hydrogen-bond donors (Lipinski definition) is 1. The van der Waals surface area contributed by atoms with Crippen molar-refractivity contribution >= 4 is 5.97 Å². The topological polar surface area (TPSA) is 71.9 Å². The first kappa shape index (κ1) is 29.1. The zero-order chi connectivity index (χ0) is 29.3. The predicted molar refractivity (Wildman–Crippen MR) is 158 cm³/mol. The Kier molecular flexibility index (Phi) is 8.64. The molecule has 0 spiro atoms. The molecule has 2 heterocycles. The SMILES string of the molecule is CCN(CC)C(C)c1cc([C@@H]2CCc3ccc(C(C4CC4)[C@H](C)C(=O)O)cc3O2)ccc1-c1cc(OC)ncc1F. The van der Waals surface area contributed by atoms with E-state index >= 15 is 4.39 Å². The Morgan fingerprint density at radius 2 is 1.85 bits per heavy atom. The van der Waals surface area contributed by atoms with E-state index in [1.54, 1.807) is 6.07 Å². The molecule has 7 heteroatoms. The van der Waals surface area contributed by atoms with Gasteiger partial charge in [0, 0.05) is 17.7 Å². The van der Waals surface area contributed by atoms with E-state index in [1.165, 1.54) is 13.3 Å². The van der Waals surface area contributed by atoms with Gasteiger partial charge in [-0.1, -0.05) is 45.0 Å². The van der Waals surface area contributed by atoms with Gasteiger partial charge in [0.15, 0.2) is 0 Å². The lowest BCUT2D eigenvalue weighted by Crippen LogP contribution is -2.27. The number of fused-ring (bicyclic) bond motifs is 1. The Hall–Kier alpha value is -3.45. The monoisotopic (exact) mass is 560 g/mol. The molecule has 2 aliphatic rings. The van der Waals surface area contributed by atoms with Crippen LogP contribution in [0.4, 0.5) is 4.39 Å². The number of rotatable bonds is 11. The highest BCUT2D eigenvalue weighted by Gasteiger charge is 2.39. The molecular weight excluding hydrogens is 519 g/mol. The number of nitrogens with zero attached hydrogens (tertiary/aromatic N) is 2. The minimum Gasteiger partial charge on any atom is -0.485 e. The first-order valence-corrected chi connectivity index (χ1v) is 14.9. The van der Waals surface area contributed by atoms with Crippen molar-refractivity contribution in [3.05, 3.63) is 76.7 Å². The number of aliphatic carboxylic acids is 1. The number of hydrogen-bond acceptors (Lipinski definition) is 5. The lowest BCUT2D eigenvalue weighted by molar-refractivity contribution is -0.142. The Morgan fingerprint density at radius 1 is 1.10 bits per heavy atom. The van der Waals surface area contributed by atoms with Gasteiger partial charge >= 0.3 is 5.97 Å². The van der Waals surface area contributed by atoms with Gasteiger partial charge in [0.1, 0.15) is 17.7 Å². The summed E-state index contributed by atoms with van der Waals surface area (Å²) in [6.45, 7) is 10.00. The maximum Gasteiger partial charge on any atom is 0.306 e. The Balaban J connectivity index is 1.50. The molecule has 4 atom stereocenters. The molecule has 1 fully saturated rings. The van der Waals surface area contributed by atoms with E-state index in [9.17, 15) is 9.90 Å². The van der Waals surface area contributed by atoms with Gasteiger partial charge < -0.3 is 14.6 Å². The van der Waals surface area contributed by atoms with Gasteiger partial charge in [0.25, 0.3) is 0 Å². The molecule has 3 aromatic rings. The summed E-state index contributed by atoms with van der Waals surface area (Å²) >= 11 is 0. The minimum atomic E-state index is -0.753. The summed E-state index contributed by atoms with van der Waals surface area (Å²) in [5.74, 6) is 0.0476. The zero-order valence-electron chi connectivity index (χ0n) is 24.7. The van der Waals surface area contributed by atoms with Crippen molar-refractivity contribution in [2.75, 3.05) is 20.2 Å². The van der Waals surface area contributed by atoms with E-state index in [0.29, 0.717) is 17.4 Å². The van der Waals surface area contributed by atoms with Gasteiger partial charge in [0.2, 0.25) is 5.88 Å². The molecule has 2 aromatic carbocycles. The van der Waals surface area contributed by atoms with E-state index < -0.39 is 11.9 Å². The fraction of sp³-hybridized carbons (Fsp3) is 0.471. The highest BCUT2D eigenvalue weighted by atomic mass is 19.1. The van der Waals surface area contributed by atoms with Gasteiger partial charge in [0.05, 0.1) is 19.2 Å². The molecule has 218 valence electrons. The van der Waals surface area contributed by atoms with Crippen molar-refractivity contribution in [2.45, 2.75) is 71.4 Å². The van der Waals surface area contributed by atoms with Crippen LogP contribution >= 0.6 is 0 Å². The number of pyridine rings is 1. The van der Waals surface area contributed by atoms with Gasteiger partial charge in [-0.05, 0) is 97.5 Å². The molecule has 5 rings (SSSR count). The summed E-state index contributed by atoms with van der Waals surface area (Å²) < 4.78 is 27.0. The van der Waals surface area contributed by atoms with Gasteiger partial charge in [-0.3, -0.25) is 9.69 Å². The predicted octanol–water partition coefficient (Wildman–Crippen LogP) is 7.58. The van der Waals surface area contributed by atoms with Crippen LogP contribution in [-0.4, -0.2) is 41.2 Å². The first-order valence-electron chi connectivity index (χ1n) is 14.9. The van der Waals surface area contributed by atoms with Crippen molar-refractivity contribution in [1.82, 2.24) is 9.88 Å². The van der Waals surface area contributed by atoms with Crippen LogP contribution < -0.4 is 9.47 Å². The number of carbonyl (C=O) groups is 1. The molecule has 1 saturated carbocycles. The number of carboxylic acid groups (broad SMARTS) is 1. The summed E-state index contributed by atoms with van der Waals surface area (Å²) in [4.78, 5) is 18.3. The van der Waals surface area contributed by atoms with Crippen molar-refractivity contribution in [3.8, 4) is 22.8 Å². The molecule has 0 radical (unpaired) electrons. The third-order valence-corrected chi connectivity index (χ3v) is 9.07. The van der Waals surface area contributed by atoms with E-state index in [0.717, 1.165) is 72.3 Å². The maximum atomic E-state index is 15.1. The fourth-order valence-corrected chi connectivity index (χ4v) is 6.48. The number of methoxy groups -OCH3 is 1. The fourth-order valence-electron chi connectivity index (χ4n) is 6.48. The van der Waals surface area contributed by atoms with Crippen molar-refractivity contribution < 1.29 is 23.8 Å². The van der Waals surface area contributed by atoms with E-state index in [4.69, 9.17) is 9.47 Å². The standard InChI is InChI=1S/C34H41FN2O4/c1-6-37(7-2)21(4)27-16-24(12-14-26(27)28-18-32(40-5)36-19-29(28)35)30-15-13-22-8-11-25(17-31(22)41-30)33(23-9-10-23)20(3)34(38)39/h8,11-12,14,16-21,23,30,33H,6-7,9-10,13,15H2,1-5H3,(H,38,39)/t20-,21?,30-,33?/m0/s1. The van der Waals surface area contributed by atoms with Crippen LogP contribution in [0.1, 0.15) is 87.3 Å². The average Bonchev–Trinajstić information content (AvgIpc) is 3.82.